The second kappa shape index (κ2) is 4.64. The molecule has 0 aliphatic carbocycles. The molecule has 0 amide bonds. The van der Waals surface area contributed by atoms with Crippen molar-refractivity contribution < 1.29 is 9.84 Å². The van der Waals surface area contributed by atoms with E-state index in [0.717, 1.165) is 23.3 Å². The first-order valence-electron chi connectivity index (χ1n) is 7.01. The number of hydrogen-bond acceptors (Lipinski definition) is 2. The van der Waals surface area contributed by atoms with Gasteiger partial charge in [0, 0.05) is 6.42 Å². The van der Waals surface area contributed by atoms with Crippen LogP contribution in [-0.2, 0) is 6.42 Å². The van der Waals surface area contributed by atoms with Gasteiger partial charge in [-0.3, -0.25) is 0 Å². The standard InChI is InChI=1S/C18H20O2/c1-12-4-6-13(7-5-12)17(19)14-8-9-16-15(10-14)11-18(2,3)20-16/h4-10,17,19H,11H2,1-3H3. The molecule has 0 fully saturated rings. The molecule has 0 saturated carbocycles. The lowest BCUT2D eigenvalue weighted by Gasteiger charge is -2.16. The Kier molecular flexibility index (Phi) is 3.06. The van der Waals surface area contributed by atoms with E-state index in [4.69, 9.17) is 4.74 Å². The number of hydrogen-bond donors (Lipinski definition) is 1. The predicted octanol–water partition coefficient (Wildman–Crippen LogP) is 3.79. The van der Waals surface area contributed by atoms with Crippen LogP contribution in [0.4, 0.5) is 0 Å². The maximum absolute atomic E-state index is 10.5. The second-order valence-corrected chi connectivity index (χ2v) is 6.22. The van der Waals surface area contributed by atoms with Crippen molar-refractivity contribution in [3.05, 3.63) is 64.7 Å². The number of aliphatic hydroxyl groups is 1. The van der Waals surface area contributed by atoms with E-state index in [2.05, 4.69) is 19.9 Å². The number of ether oxygens (including phenoxy) is 1. The van der Waals surface area contributed by atoms with Crippen LogP contribution in [0.3, 0.4) is 0 Å². The van der Waals surface area contributed by atoms with Crippen LogP contribution in [0.15, 0.2) is 42.5 Å². The van der Waals surface area contributed by atoms with E-state index in [1.54, 1.807) is 0 Å². The Labute approximate surface area is 120 Å². The van der Waals surface area contributed by atoms with Crippen LogP contribution < -0.4 is 4.74 Å². The summed E-state index contributed by atoms with van der Waals surface area (Å²) in [6.45, 7) is 6.22. The van der Waals surface area contributed by atoms with Crippen LogP contribution in [-0.4, -0.2) is 10.7 Å². The van der Waals surface area contributed by atoms with E-state index in [0.29, 0.717) is 0 Å². The van der Waals surface area contributed by atoms with Gasteiger partial charge in [-0.05, 0) is 49.6 Å². The summed E-state index contributed by atoms with van der Waals surface area (Å²) >= 11 is 0. The Hall–Kier alpha value is -1.80. The first kappa shape index (κ1) is 13.2. The Morgan fingerprint density at radius 2 is 1.70 bits per heavy atom. The third-order valence-electron chi connectivity index (χ3n) is 3.80. The first-order valence-corrected chi connectivity index (χ1v) is 7.01. The minimum absolute atomic E-state index is 0.143. The molecule has 3 rings (SSSR count). The minimum Gasteiger partial charge on any atom is -0.487 e. The lowest BCUT2D eigenvalue weighted by Crippen LogP contribution is -2.24. The van der Waals surface area contributed by atoms with Crippen molar-refractivity contribution in [3.8, 4) is 5.75 Å². The Bertz CT molecular complexity index is 626. The molecule has 0 saturated heterocycles. The first-order chi connectivity index (χ1) is 9.44. The maximum atomic E-state index is 10.5. The third-order valence-corrected chi connectivity index (χ3v) is 3.80. The van der Waals surface area contributed by atoms with Gasteiger partial charge in [-0.1, -0.05) is 35.9 Å². The van der Waals surface area contributed by atoms with E-state index < -0.39 is 6.10 Å². The van der Waals surface area contributed by atoms with Crippen LogP contribution in [0.25, 0.3) is 0 Å². The number of aryl methyl sites for hydroxylation is 1. The minimum atomic E-state index is -0.579. The summed E-state index contributed by atoms with van der Waals surface area (Å²) in [6, 6.07) is 14.0. The average molecular weight is 268 g/mol. The molecule has 2 heteroatoms. The summed E-state index contributed by atoms with van der Waals surface area (Å²) in [4.78, 5) is 0. The molecular formula is C18H20O2. The Balaban J connectivity index is 1.90. The van der Waals surface area contributed by atoms with Crippen molar-refractivity contribution in [2.24, 2.45) is 0 Å². The molecule has 2 nitrogen and oxygen atoms in total. The maximum Gasteiger partial charge on any atom is 0.123 e. The zero-order valence-corrected chi connectivity index (χ0v) is 12.2. The van der Waals surface area contributed by atoms with Gasteiger partial charge in [0.25, 0.3) is 0 Å². The molecule has 1 atom stereocenters. The molecule has 2 aromatic rings. The number of fused-ring (bicyclic) bond motifs is 1. The number of aliphatic hydroxyl groups excluding tert-OH is 1. The Morgan fingerprint density at radius 1 is 1.05 bits per heavy atom. The van der Waals surface area contributed by atoms with Gasteiger partial charge in [-0.15, -0.1) is 0 Å². The molecule has 0 spiro atoms. The largest absolute Gasteiger partial charge is 0.487 e. The van der Waals surface area contributed by atoms with Gasteiger partial charge >= 0.3 is 0 Å². The fourth-order valence-electron chi connectivity index (χ4n) is 2.74. The van der Waals surface area contributed by atoms with E-state index in [1.165, 1.54) is 11.1 Å². The molecule has 1 unspecified atom stereocenters. The van der Waals surface area contributed by atoms with Gasteiger partial charge in [-0.2, -0.15) is 0 Å². The van der Waals surface area contributed by atoms with Gasteiger partial charge in [0.15, 0.2) is 0 Å². The highest BCUT2D eigenvalue weighted by Crippen LogP contribution is 2.37. The highest BCUT2D eigenvalue weighted by Gasteiger charge is 2.30. The van der Waals surface area contributed by atoms with E-state index >= 15 is 0 Å². The van der Waals surface area contributed by atoms with Crippen LogP contribution in [0.2, 0.25) is 0 Å². The fourth-order valence-corrected chi connectivity index (χ4v) is 2.74. The summed E-state index contributed by atoms with van der Waals surface area (Å²) in [5.74, 6) is 0.940. The SMILES string of the molecule is Cc1ccc(C(O)c2ccc3c(c2)CC(C)(C)O3)cc1. The molecule has 1 N–H and O–H groups in total. The molecule has 0 bridgehead atoms. The predicted molar refractivity (Wildman–Crippen MR) is 80.1 cm³/mol. The van der Waals surface area contributed by atoms with Crippen LogP contribution in [0.1, 0.15) is 42.2 Å². The molecule has 0 aromatic heterocycles. The smallest absolute Gasteiger partial charge is 0.123 e. The highest BCUT2D eigenvalue weighted by molar-refractivity contribution is 5.44. The second-order valence-electron chi connectivity index (χ2n) is 6.22. The zero-order valence-electron chi connectivity index (χ0n) is 12.2. The van der Waals surface area contributed by atoms with E-state index in [1.807, 2.05) is 43.3 Å². The van der Waals surface area contributed by atoms with Gasteiger partial charge in [0.05, 0.1) is 0 Å². The van der Waals surface area contributed by atoms with Gasteiger partial charge < -0.3 is 9.84 Å². The summed E-state index contributed by atoms with van der Waals surface area (Å²) < 4.78 is 5.87. The van der Waals surface area contributed by atoms with E-state index in [9.17, 15) is 5.11 Å². The summed E-state index contributed by atoms with van der Waals surface area (Å²) in [5, 5.41) is 10.5. The molecule has 20 heavy (non-hydrogen) atoms. The van der Waals surface area contributed by atoms with Gasteiger partial charge in [0.1, 0.15) is 17.5 Å². The summed E-state index contributed by atoms with van der Waals surface area (Å²) in [5.41, 5.74) is 4.09. The van der Waals surface area contributed by atoms with Crippen molar-refractivity contribution in [2.45, 2.75) is 38.9 Å². The molecule has 2 aromatic carbocycles. The fraction of sp³-hybridized carbons (Fsp3) is 0.333. The normalized spacial score (nSPS) is 17.4. The lowest BCUT2D eigenvalue weighted by molar-refractivity contribution is 0.138. The van der Waals surface area contributed by atoms with Crippen molar-refractivity contribution in [1.82, 2.24) is 0 Å². The van der Waals surface area contributed by atoms with Crippen LogP contribution in [0.5, 0.6) is 5.75 Å². The third kappa shape index (κ3) is 2.44. The van der Waals surface area contributed by atoms with Crippen molar-refractivity contribution in [1.29, 1.82) is 0 Å². The zero-order chi connectivity index (χ0) is 14.3. The molecular weight excluding hydrogens is 248 g/mol. The quantitative estimate of drug-likeness (QED) is 0.898. The molecule has 1 heterocycles. The van der Waals surface area contributed by atoms with Crippen molar-refractivity contribution in [2.75, 3.05) is 0 Å². The van der Waals surface area contributed by atoms with Gasteiger partial charge in [-0.25, -0.2) is 0 Å². The van der Waals surface area contributed by atoms with Crippen LogP contribution >= 0.6 is 0 Å². The average Bonchev–Trinajstić information content (AvgIpc) is 2.71. The Morgan fingerprint density at radius 3 is 2.40 bits per heavy atom. The lowest BCUT2D eigenvalue weighted by atomic mass is 9.96. The molecule has 1 aliphatic heterocycles. The molecule has 0 radical (unpaired) electrons. The molecule has 104 valence electrons. The van der Waals surface area contributed by atoms with Crippen molar-refractivity contribution in [3.63, 3.8) is 0 Å². The highest BCUT2D eigenvalue weighted by atomic mass is 16.5. The number of rotatable bonds is 2. The monoisotopic (exact) mass is 268 g/mol. The summed E-state index contributed by atoms with van der Waals surface area (Å²) in [6.07, 6.45) is 0.307. The van der Waals surface area contributed by atoms with Crippen LogP contribution in [0, 0.1) is 6.92 Å². The number of benzene rings is 2. The van der Waals surface area contributed by atoms with E-state index in [-0.39, 0.29) is 5.60 Å². The summed E-state index contributed by atoms with van der Waals surface area (Å²) in [7, 11) is 0. The van der Waals surface area contributed by atoms with Gasteiger partial charge in [0.2, 0.25) is 0 Å². The topological polar surface area (TPSA) is 29.5 Å². The molecule has 1 aliphatic rings. The van der Waals surface area contributed by atoms with Crippen molar-refractivity contribution >= 4 is 0 Å².